The Hall–Kier alpha value is -2.15. The lowest BCUT2D eigenvalue weighted by Gasteiger charge is -2.12. The Labute approximate surface area is 116 Å². The van der Waals surface area contributed by atoms with Crippen molar-refractivity contribution in [1.29, 1.82) is 0 Å². The molecule has 2 amide bonds. The smallest absolute Gasteiger partial charge is 0.261 e. The first-order chi connectivity index (χ1) is 9.08. The Morgan fingerprint density at radius 2 is 2.00 bits per heavy atom. The molecular formula is C12H9BrN4O2. The molecule has 1 aromatic heterocycles. The zero-order valence-corrected chi connectivity index (χ0v) is 11.3. The van der Waals surface area contributed by atoms with Crippen LogP contribution in [0.5, 0.6) is 0 Å². The molecule has 2 aromatic rings. The molecule has 0 atom stereocenters. The van der Waals surface area contributed by atoms with E-state index in [0.717, 1.165) is 4.47 Å². The minimum atomic E-state index is -0.318. The van der Waals surface area contributed by atoms with Gasteiger partial charge in [0, 0.05) is 10.0 Å². The van der Waals surface area contributed by atoms with Gasteiger partial charge in [-0.1, -0.05) is 15.9 Å². The number of carbonyl (C=O) groups is 2. The summed E-state index contributed by atoms with van der Waals surface area (Å²) in [6.45, 7) is 0.117. The van der Waals surface area contributed by atoms with Gasteiger partial charge in [-0.2, -0.15) is 5.10 Å². The third-order valence-corrected chi connectivity index (χ3v) is 3.51. The molecule has 0 fully saturated rings. The van der Waals surface area contributed by atoms with Gasteiger partial charge in [0.05, 0.1) is 23.9 Å². The number of H-pyrrole nitrogens is 1. The second-order valence-electron chi connectivity index (χ2n) is 4.20. The van der Waals surface area contributed by atoms with E-state index in [1.54, 1.807) is 18.2 Å². The molecule has 6 nitrogen and oxygen atoms in total. The fraction of sp³-hybridized carbons (Fsp3) is 0.0833. The molecular weight excluding hydrogens is 312 g/mol. The van der Waals surface area contributed by atoms with E-state index in [9.17, 15) is 9.59 Å². The van der Waals surface area contributed by atoms with E-state index in [-0.39, 0.29) is 18.4 Å². The summed E-state index contributed by atoms with van der Waals surface area (Å²) in [7, 11) is 0. The molecule has 0 saturated heterocycles. The number of halogens is 1. The Kier molecular flexibility index (Phi) is 2.63. The molecule has 0 aliphatic carbocycles. The van der Waals surface area contributed by atoms with Crippen molar-refractivity contribution in [2.45, 2.75) is 6.54 Å². The molecule has 96 valence electrons. The van der Waals surface area contributed by atoms with Crippen molar-refractivity contribution >= 4 is 33.6 Å². The maximum Gasteiger partial charge on any atom is 0.261 e. The number of aromatic nitrogens is 2. The van der Waals surface area contributed by atoms with E-state index >= 15 is 0 Å². The van der Waals surface area contributed by atoms with Crippen LogP contribution >= 0.6 is 15.9 Å². The highest BCUT2D eigenvalue weighted by Gasteiger charge is 2.35. The number of hydrogen-bond donors (Lipinski definition) is 2. The number of imide groups is 1. The van der Waals surface area contributed by atoms with Gasteiger partial charge in [-0.05, 0) is 18.2 Å². The lowest BCUT2D eigenvalue weighted by Crippen LogP contribution is -2.29. The molecule has 0 unspecified atom stereocenters. The molecule has 19 heavy (non-hydrogen) atoms. The molecule has 7 heteroatoms. The molecule has 1 aromatic carbocycles. The lowest BCUT2D eigenvalue weighted by atomic mass is 10.1. The molecule has 3 N–H and O–H groups in total. The van der Waals surface area contributed by atoms with Crippen molar-refractivity contribution in [3.63, 3.8) is 0 Å². The summed E-state index contributed by atoms with van der Waals surface area (Å²) in [5.41, 5.74) is 7.10. The van der Waals surface area contributed by atoms with Crippen LogP contribution < -0.4 is 5.73 Å². The monoisotopic (exact) mass is 320 g/mol. The number of aromatic amines is 1. The van der Waals surface area contributed by atoms with Gasteiger partial charge >= 0.3 is 0 Å². The van der Waals surface area contributed by atoms with E-state index in [4.69, 9.17) is 5.73 Å². The molecule has 0 saturated carbocycles. The van der Waals surface area contributed by atoms with Crippen molar-refractivity contribution < 1.29 is 9.59 Å². The molecule has 1 aliphatic heterocycles. The third-order valence-electron chi connectivity index (χ3n) is 3.01. The summed E-state index contributed by atoms with van der Waals surface area (Å²) in [5.74, 6) is -0.271. The standard InChI is InChI=1S/C12H9BrN4O2/c13-7-1-2-8-9(3-7)12(19)17(11(8)18)5-6-4-15-16-10(6)14/h1-4H,5H2,(H3,14,15,16). The predicted octanol–water partition coefficient (Wildman–Crippen LogP) is 1.55. The first-order valence-electron chi connectivity index (χ1n) is 5.51. The number of amides is 2. The number of benzene rings is 1. The molecule has 3 rings (SSSR count). The number of anilines is 1. The van der Waals surface area contributed by atoms with E-state index in [0.29, 0.717) is 22.5 Å². The summed E-state index contributed by atoms with van der Waals surface area (Å²) >= 11 is 3.29. The number of fused-ring (bicyclic) bond motifs is 1. The molecule has 0 spiro atoms. The van der Waals surface area contributed by atoms with Gasteiger partial charge in [-0.3, -0.25) is 19.6 Å². The highest BCUT2D eigenvalue weighted by molar-refractivity contribution is 9.10. The van der Waals surface area contributed by atoms with Crippen LogP contribution in [0.3, 0.4) is 0 Å². The van der Waals surface area contributed by atoms with Crippen LogP contribution in [0.2, 0.25) is 0 Å². The maximum atomic E-state index is 12.2. The van der Waals surface area contributed by atoms with Crippen molar-refractivity contribution in [1.82, 2.24) is 15.1 Å². The van der Waals surface area contributed by atoms with Crippen LogP contribution in [0, 0.1) is 0 Å². The zero-order chi connectivity index (χ0) is 13.6. The van der Waals surface area contributed by atoms with Crippen molar-refractivity contribution in [2.24, 2.45) is 0 Å². The van der Waals surface area contributed by atoms with Crippen LogP contribution in [0.15, 0.2) is 28.9 Å². The van der Waals surface area contributed by atoms with Crippen LogP contribution in [0.25, 0.3) is 0 Å². The minimum absolute atomic E-state index is 0.117. The Morgan fingerprint density at radius 1 is 1.26 bits per heavy atom. The Morgan fingerprint density at radius 3 is 2.68 bits per heavy atom. The summed E-state index contributed by atoms with van der Waals surface area (Å²) in [6.07, 6.45) is 1.51. The van der Waals surface area contributed by atoms with Crippen LogP contribution in [0.1, 0.15) is 26.3 Å². The summed E-state index contributed by atoms with van der Waals surface area (Å²) in [6, 6.07) is 5.02. The fourth-order valence-electron chi connectivity index (χ4n) is 2.02. The highest BCUT2D eigenvalue weighted by atomic mass is 79.9. The summed E-state index contributed by atoms with van der Waals surface area (Å²) < 4.78 is 0.761. The lowest BCUT2D eigenvalue weighted by molar-refractivity contribution is 0.0643. The average molecular weight is 321 g/mol. The Bertz CT molecular complexity index is 695. The Balaban J connectivity index is 1.97. The topological polar surface area (TPSA) is 92.1 Å². The van der Waals surface area contributed by atoms with Gasteiger partial charge in [0.25, 0.3) is 11.8 Å². The fourth-order valence-corrected chi connectivity index (χ4v) is 2.39. The number of nitrogens with two attached hydrogens (primary N) is 1. The van der Waals surface area contributed by atoms with E-state index in [2.05, 4.69) is 26.1 Å². The van der Waals surface area contributed by atoms with E-state index in [1.165, 1.54) is 11.1 Å². The van der Waals surface area contributed by atoms with Gasteiger partial charge in [-0.15, -0.1) is 0 Å². The first-order valence-corrected chi connectivity index (χ1v) is 6.30. The molecule has 0 bridgehead atoms. The van der Waals surface area contributed by atoms with Crippen LogP contribution in [-0.2, 0) is 6.54 Å². The van der Waals surface area contributed by atoms with Gasteiger partial charge < -0.3 is 5.73 Å². The predicted molar refractivity (Wildman–Crippen MR) is 71.3 cm³/mol. The van der Waals surface area contributed by atoms with Crippen molar-refractivity contribution in [3.05, 3.63) is 45.6 Å². The van der Waals surface area contributed by atoms with Gasteiger partial charge in [0.15, 0.2) is 0 Å². The van der Waals surface area contributed by atoms with Gasteiger partial charge in [0.2, 0.25) is 0 Å². The first kappa shape index (κ1) is 11.9. The second kappa shape index (κ2) is 4.20. The second-order valence-corrected chi connectivity index (χ2v) is 5.11. The zero-order valence-electron chi connectivity index (χ0n) is 9.68. The van der Waals surface area contributed by atoms with Crippen LogP contribution in [-0.4, -0.2) is 26.9 Å². The highest BCUT2D eigenvalue weighted by Crippen LogP contribution is 2.27. The maximum absolute atomic E-state index is 12.2. The number of rotatable bonds is 2. The average Bonchev–Trinajstić information content (AvgIpc) is 2.88. The number of carbonyl (C=O) groups excluding carboxylic acids is 2. The minimum Gasteiger partial charge on any atom is -0.384 e. The largest absolute Gasteiger partial charge is 0.384 e. The van der Waals surface area contributed by atoms with Crippen molar-refractivity contribution in [2.75, 3.05) is 5.73 Å². The SMILES string of the molecule is Nc1[nH]ncc1CN1C(=O)c2ccc(Br)cc2C1=O. The summed E-state index contributed by atoms with van der Waals surface area (Å²) in [4.78, 5) is 25.5. The third kappa shape index (κ3) is 1.82. The quantitative estimate of drug-likeness (QED) is 0.821. The number of nitrogens with zero attached hydrogens (tertiary/aromatic N) is 2. The number of nitrogens with one attached hydrogen (secondary N) is 1. The number of hydrogen-bond acceptors (Lipinski definition) is 4. The van der Waals surface area contributed by atoms with Gasteiger partial charge in [-0.25, -0.2) is 0 Å². The normalized spacial score (nSPS) is 14.1. The molecule has 1 aliphatic rings. The van der Waals surface area contributed by atoms with E-state index in [1.807, 2.05) is 0 Å². The van der Waals surface area contributed by atoms with Crippen LogP contribution in [0.4, 0.5) is 5.82 Å². The summed E-state index contributed by atoms with van der Waals surface area (Å²) in [5, 5.41) is 6.34. The molecule has 0 radical (unpaired) electrons. The van der Waals surface area contributed by atoms with Crippen molar-refractivity contribution in [3.8, 4) is 0 Å². The molecule has 2 heterocycles. The van der Waals surface area contributed by atoms with Gasteiger partial charge in [0.1, 0.15) is 5.82 Å². The van der Waals surface area contributed by atoms with E-state index < -0.39 is 0 Å². The number of nitrogen functional groups attached to an aromatic ring is 1.